The monoisotopic (exact) mass is 389 g/mol. The highest BCUT2D eigenvalue weighted by Crippen LogP contribution is 2.25. The van der Waals surface area contributed by atoms with Crippen LogP contribution in [0, 0.1) is 26.6 Å². The molecule has 0 fully saturated rings. The van der Waals surface area contributed by atoms with Crippen LogP contribution >= 0.6 is 11.6 Å². The van der Waals surface area contributed by atoms with Gasteiger partial charge in [-0.05, 0) is 51.1 Å². The number of ether oxygens (including phenoxy) is 1. The van der Waals surface area contributed by atoms with Gasteiger partial charge in [-0.3, -0.25) is 0 Å². The number of halogens is 2. The van der Waals surface area contributed by atoms with Gasteiger partial charge in [-0.1, -0.05) is 16.8 Å². The molecule has 140 valence electrons. The highest BCUT2D eigenvalue weighted by Gasteiger charge is 2.14. The molecule has 6 nitrogen and oxygen atoms in total. The molecule has 0 bridgehead atoms. The number of hydrogen-bond donors (Lipinski definition) is 0. The summed E-state index contributed by atoms with van der Waals surface area (Å²) in [4.78, 5) is 12.0. The fourth-order valence-electron chi connectivity index (χ4n) is 2.50. The molecule has 0 radical (unpaired) electrons. The van der Waals surface area contributed by atoms with Crippen molar-refractivity contribution in [3.63, 3.8) is 0 Å². The third-order valence-corrected chi connectivity index (χ3v) is 4.41. The third-order valence-electron chi connectivity index (χ3n) is 4.05. The molecule has 0 atom stereocenters. The average molecular weight is 390 g/mol. The first kappa shape index (κ1) is 18.8. The van der Waals surface area contributed by atoms with E-state index in [9.17, 15) is 9.18 Å². The minimum atomic E-state index is -0.528. The predicted molar refractivity (Wildman–Crippen MR) is 98.1 cm³/mol. The highest BCUT2D eigenvalue weighted by molar-refractivity contribution is 6.31. The number of carbonyl (C=O) groups is 1. The molecule has 3 aromatic rings. The Balaban J connectivity index is 1.73. The van der Waals surface area contributed by atoms with Crippen LogP contribution in [0.4, 0.5) is 4.39 Å². The molecule has 0 spiro atoms. The van der Waals surface area contributed by atoms with Gasteiger partial charge in [-0.25, -0.2) is 13.9 Å². The summed E-state index contributed by atoms with van der Waals surface area (Å²) in [6.07, 6.45) is 2.82. The van der Waals surface area contributed by atoms with Crippen molar-refractivity contribution in [2.75, 3.05) is 0 Å². The summed E-state index contributed by atoms with van der Waals surface area (Å²) in [5.74, 6) is -0.261. The first-order chi connectivity index (χ1) is 12.9. The SMILES string of the molecule is Cc1nn(-c2ccc(F)cc2)c(Cl)c1C=CC(=O)OCc1c(C)noc1C. The van der Waals surface area contributed by atoms with Gasteiger partial charge in [0.25, 0.3) is 0 Å². The Morgan fingerprint density at radius 1 is 1.26 bits per heavy atom. The molecule has 0 aliphatic heterocycles. The van der Waals surface area contributed by atoms with Gasteiger partial charge in [0.15, 0.2) is 0 Å². The molecule has 1 aromatic carbocycles. The molecular formula is C19H17ClFN3O3. The number of rotatable bonds is 5. The van der Waals surface area contributed by atoms with Crippen molar-refractivity contribution in [2.45, 2.75) is 27.4 Å². The van der Waals surface area contributed by atoms with Crippen molar-refractivity contribution in [2.24, 2.45) is 0 Å². The van der Waals surface area contributed by atoms with Crippen LogP contribution in [0.1, 0.15) is 28.3 Å². The number of nitrogens with zero attached hydrogens (tertiary/aromatic N) is 3. The molecule has 0 aliphatic rings. The quantitative estimate of drug-likeness (QED) is 0.479. The van der Waals surface area contributed by atoms with Crippen molar-refractivity contribution < 1.29 is 18.4 Å². The molecule has 0 saturated carbocycles. The van der Waals surface area contributed by atoms with Crippen LogP contribution in [0.15, 0.2) is 34.9 Å². The topological polar surface area (TPSA) is 70.2 Å². The van der Waals surface area contributed by atoms with E-state index < -0.39 is 5.97 Å². The molecule has 0 saturated heterocycles. The van der Waals surface area contributed by atoms with Crippen LogP contribution < -0.4 is 0 Å². The Morgan fingerprint density at radius 3 is 2.59 bits per heavy atom. The molecule has 3 rings (SSSR count). The van der Waals surface area contributed by atoms with Gasteiger partial charge in [-0.15, -0.1) is 0 Å². The lowest BCUT2D eigenvalue weighted by molar-refractivity contribution is -0.138. The van der Waals surface area contributed by atoms with E-state index in [1.807, 2.05) is 0 Å². The maximum Gasteiger partial charge on any atom is 0.331 e. The van der Waals surface area contributed by atoms with E-state index in [0.29, 0.717) is 33.6 Å². The number of benzene rings is 1. The van der Waals surface area contributed by atoms with Gasteiger partial charge < -0.3 is 9.26 Å². The third kappa shape index (κ3) is 4.09. The van der Waals surface area contributed by atoms with Crippen molar-refractivity contribution >= 4 is 23.6 Å². The smallest absolute Gasteiger partial charge is 0.331 e. The van der Waals surface area contributed by atoms with E-state index in [1.54, 1.807) is 39.0 Å². The lowest BCUT2D eigenvalue weighted by Gasteiger charge is -2.03. The molecule has 0 unspecified atom stereocenters. The van der Waals surface area contributed by atoms with Crippen LogP contribution in [-0.4, -0.2) is 20.9 Å². The zero-order chi connectivity index (χ0) is 19.6. The molecule has 2 aromatic heterocycles. The average Bonchev–Trinajstić information content (AvgIpc) is 3.11. The van der Waals surface area contributed by atoms with Gasteiger partial charge in [-0.2, -0.15) is 5.10 Å². The summed E-state index contributed by atoms with van der Waals surface area (Å²) in [6.45, 7) is 5.38. The molecule has 8 heteroatoms. The fraction of sp³-hybridized carbons (Fsp3) is 0.211. The Labute approximate surface area is 160 Å². The summed E-state index contributed by atoms with van der Waals surface area (Å²) in [6, 6.07) is 5.78. The van der Waals surface area contributed by atoms with Gasteiger partial charge in [0.05, 0.1) is 22.6 Å². The summed E-state index contributed by atoms with van der Waals surface area (Å²) in [5, 5.41) is 8.46. The molecule has 2 heterocycles. The Morgan fingerprint density at radius 2 is 1.96 bits per heavy atom. The van der Waals surface area contributed by atoms with Crippen LogP contribution in [0.3, 0.4) is 0 Å². The molecular weight excluding hydrogens is 373 g/mol. The fourth-order valence-corrected chi connectivity index (χ4v) is 2.84. The lowest BCUT2D eigenvalue weighted by atomic mass is 10.2. The van der Waals surface area contributed by atoms with Crippen molar-refractivity contribution in [3.8, 4) is 5.69 Å². The first-order valence-electron chi connectivity index (χ1n) is 8.14. The Kier molecular flexibility index (Phi) is 5.41. The second kappa shape index (κ2) is 7.75. The standard InChI is InChI=1S/C19H17ClFN3O3/c1-11-16(19(20)24(22-11)15-6-4-14(21)5-7-15)8-9-18(25)26-10-17-12(2)23-27-13(17)3/h4-9H,10H2,1-3H3. The van der Waals surface area contributed by atoms with Gasteiger partial charge in [0.1, 0.15) is 23.3 Å². The molecule has 0 aliphatic carbocycles. The summed E-state index contributed by atoms with van der Waals surface area (Å²) < 4.78 is 24.8. The van der Waals surface area contributed by atoms with Crippen LogP contribution in [-0.2, 0) is 16.1 Å². The Hall–Kier alpha value is -2.93. The second-order valence-corrected chi connectivity index (χ2v) is 6.28. The summed E-state index contributed by atoms with van der Waals surface area (Å²) in [5.41, 5.74) is 3.25. The maximum absolute atomic E-state index is 13.1. The first-order valence-corrected chi connectivity index (χ1v) is 8.52. The minimum absolute atomic E-state index is 0.0753. The normalized spacial score (nSPS) is 11.3. The number of esters is 1. The summed E-state index contributed by atoms with van der Waals surface area (Å²) in [7, 11) is 0. The van der Waals surface area contributed by atoms with Gasteiger partial charge in [0.2, 0.25) is 0 Å². The number of aryl methyl sites for hydroxylation is 3. The summed E-state index contributed by atoms with van der Waals surface area (Å²) >= 11 is 6.37. The van der Waals surface area contributed by atoms with Crippen molar-refractivity contribution in [3.05, 3.63) is 69.6 Å². The van der Waals surface area contributed by atoms with E-state index in [4.69, 9.17) is 20.9 Å². The highest BCUT2D eigenvalue weighted by atomic mass is 35.5. The molecule has 0 N–H and O–H groups in total. The number of hydrogen-bond acceptors (Lipinski definition) is 5. The minimum Gasteiger partial charge on any atom is -0.457 e. The van der Waals surface area contributed by atoms with Gasteiger partial charge >= 0.3 is 5.97 Å². The van der Waals surface area contributed by atoms with Crippen LogP contribution in [0.25, 0.3) is 11.8 Å². The molecule has 27 heavy (non-hydrogen) atoms. The number of carbonyl (C=O) groups excluding carboxylic acids is 1. The number of aromatic nitrogens is 3. The van der Waals surface area contributed by atoms with E-state index in [0.717, 1.165) is 5.56 Å². The van der Waals surface area contributed by atoms with Crippen molar-refractivity contribution in [1.29, 1.82) is 0 Å². The van der Waals surface area contributed by atoms with E-state index in [2.05, 4.69) is 10.3 Å². The zero-order valence-electron chi connectivity index (χ0n) is 15.0. The maximum atomic E-state index is 13.1. The van der Waals surface area contributed by atoms with E-state index >= 15 is 0 Å². The predicted octanol–water partition coefficient (Wildman–Crippen LogP) is 4.33. The zero-order valence-corrected chi connectivity index (χ0v) is 15.7. The van der Waals surface area contributed by atoms with E-state index in [-0.39, 0.29) is 12.4 Å². The molecule has 0 amide bonds. The largest absolute Gasteiger partial charge is 0.457 e. The van der Waals surface area contributed by atoms with Crippen LogP contribution in [0.5, 0.6) is 0 Å². The lowest BCUT2D eigenvalue weighted by Crippen LogP contribution is -2.02. The van der Waals surface area contributed by atoms with Crippen LogP contribution in [0.2, 0.25) is 5.15 Å². The second-order valence-electron chi connectivity index (χ2n) is 5.92. The Bertz CT molecular complexity index is 987. The van der Waals surface area contributed by atoms with Crippen molar-refractivity contribution in [1.82, 2.24) is 14.9 Å². The van der Waals surface area contributed by atoms with E-state index in [1.165, 1.54) is 22.9 Å². The van der Waals surface area contributed by atoms with Gasteiger partial charge in [0, 0.05) is 11.6 Å².